The summed E-state index contributed by atoms with van der Waals surface area (Å²) in [6, 6.07) is 16.6. The van der Waals surface area contributed by atoms with Gasteiger partial charge in [-0.3, -0.25) is 4.98 Å². The summed E-state index contributed by atoms with van der Waals surface area (Å²) in [6.07, 6.45) is -0.429. The van der Waals surface area contributed by atoms with Crippen LogP contribution in [0.25, 0.3) is 10.9 Å². The Labute approximate surface area is 258 Å². The topological polar surface area (TPSA) is 139 Å². The normalized spacial score (nSPS) is 17.0. The summed E-state index contributed by atoms with van der Waals surface area (Å²) in [6.45, 7) is 6.70. The van der Waals surface area contributed by atoms with E-state index in [2.05, 4.69) is 64.9 Å². The molecule has 2 fully saturated rings. The predicted octanol–water partition coefficient (Wildman–Crippen LogP) is 6.84. The molecule has 4 aromatic rings. The molecule has 0 unspecified atom stereocenters. The molecule has 228 valence electrons. The lowest BCUT2D eigenvalue weighted by atomic mass is 9.93. The number of anilines is 2. The highest BCUT2D eigenvalue weighted by molar-refractivity contribution is 6.01. The molecule has 2 aliphatic rings. The first-order valence-corrected chi connectivity index (χ1v) is 14.6. The average Bonchev–Trinajstić information content (AvgIpc) is 3.94. The third kappa shape index (κ3) is 5.40. The van der Waals surface area contributed by atoms with Gasteiger partial charge in [0, 0.05) is 18.1 Å². The van der Waals surface area contributed by atoms with Gasteiger partial charge in [-0.2, -0.15) is 29.0 Å². The van der Waals surface area contributed by atoms with Gasteiger partial charge >= 0.3 is 6.18 Å². The first-order chi connectivity index (χ1) is 21.3. The maximum Gasteiger partial charge on any atom is 0.413 e. The van der Waals surface area contributed by atoms with Crippen molar-refractivity contribution in [2.75, 3.05) is 17.2 Å². The van der Waals surface area contributed by atoms with Gasteiger partial charge in [0.1, 0.15) is 11.8 Å². The second-order valence-electron chi connectivity index (χ2n) is 13.1. The number of nitriles is 3. The summed E-state index contributed by atoms with van der Waals surface area (Å²) in [5.74, 6) is 0. The molecule has 0 amide bonds. The van der Waals surface area contributed by atoms with Crippen molar-refractivity contribution in [2.24, 2.45) is 5.41 Å². The molecule has 0 bridgehead atoms. The van der Waals surface area contributed by atoms with E-state index in [4.69, 9.17) is 0 Å². The molecule has 2 aromatic carbocycles. The van der Waals surface area contributed by atoms with Crippen LogP contribution in [0.2, 0.25) is 0 Å². The maximum atomic E-state index is 14.0. The van der Waals surface area contributed by atoms with Crippen LogP contribution in [-0.4, -0.2) is 32.7 Å². The second kappa shape index (κ2) is 10.5. The number of fused-ring (bicyclic) bond motifs is 1. The summed E-state index contributed by atoms with van der Waals surface area (Å²) in [4.78, 5) is 4.57. The Kier molecular flexibility index (Phi) is 6.97. The van der Waals surface area contributed by atoms with Crippen LogP contribution in [0.15, 0.2) is 48.8 Å². The molecule has 9 nitrogen and oxygen atoms in total. The lowest BCUT2D eigenvalue weighted by Crippen LogP contribution is -2.35. The van der Waals surface area contributed by atoms with Crippen molar-refractivity contribution in [1.29, 1.82) is 15.8 Å². The van der Waals surface area contributed by atoms with Crippen LogP contribution >= 0.6 is 0 Å². The molecule has 0 spiro atoms. The average molecular weight is 610 g/mol. The zero-order valence-corrected chi connectivity index (χ0v) is 25.0. The summed E-state index contributed by atoms with van der Waals surface area (Å²) >= 11 is 0. The van der Waals surface area contributed by atoms with Gasteiger partial charge in [0.2, 0.25) is 0 Å². The monoisotopic (exact) mass is 609 g/mol. The van der Waals surface area contributed by atoms with Crippen LogP contribution in [0.1, 0.15) is 80.4 Å². The Bertz CT molecular complexity index is 1920. The Balaban J connectivity index is 1.49. The molecule has 6 rings (SSSR count). The van der Waals surface area contributed by atoms with Gasteiger partial charge in [-0.05, 0) is 54.4 Å². The molecule has 45 heavy (non-hydrogen) atoms. The van der Waals surface area contributed by atoms with E-state index in [1.54, 1.807) is 12.1 Å². The molecule has 0 radical (unpaired) electrons. The first kappa shape index (κ1) is 29.9. The molecular weight excluding hydrogens is 579 g/mol. The molecule has 2 saturated carbocycles. The maximum absolute atomic E-state index is 14.0. The fourth-order valence-electron chi connectivity index (χ4n) is 5.57. The molecule has 2 N–H and O–H groups in total. The van der Waals surface area contributed by atoms with E-state index in [9.17, 15) is 29.0 Å². The fraction of sp³-hybridized carbons (Fsp3) is 0.394. The number of nitrogens with zero attached hydrogens (tertiary/aromatic N) is 7. The molecule has 12 heteroatoms. The third-order valence-corrected chi connectivity index (χ3v) is 8.55. The molecule has 0 aliphatic heterocycles. The zero-order valence-electron chi connectivity index (χ0n) is 25.0. The van der Waals surface area contributed by atoms with Crippen LogP contribution in [0.4, 0.5) is 24.5 Å². The number of nitrogens with one attached hydrogen (secondary N) is 2. The number of pyridine rings is 1. The minimum absolute atomic E-state index is 0.0814. The van der Waals surface area contributed by atoms with E-state index >= 15 is 0 Å². The molecule has 2 heterocycles. The lowest BCUT2D eigenvalue weighted by molar-refractivity contribution is -0.182. The number of hydrogen-bond donors (Lipinski definition) is 2. The number of benzene rings is 2. The lowest BCUT2D eigenvalue weighted by Gasteiger charge is -2.23. The Hall–Kier alpha value is -5.15. The van der Waals surface area contributed by atoms with E-state index in [0.29, 0.717) is 45.5 Å². The van der Waals surface area contributed by atoms with Crippen LogP contribution in [-0.2, 0) is 11.0 Å². The van der Waals surface area contributed by atoms with Crippen molar-refractivity contribution >= 4 is 22.3 Å². The molecule has 2 aliphatic carbocycles. The predicted molar refractivity (Wildman–Crippen MR) is 161 cm³/mol. The van der Waals surface area contributed by atoms with Crippen molar-refractivity contribution in [3.63, 3.8) is 0 Å². The van der Waals surface area contributed by atoms with Crippen molar-refractivity contribution in [2.45, 2.75) is 69.6 Å². The third-order valence-electron chi connectivity index (χ3n) is 8.55. The Morgan fingerprint density at radius 2 is 1.78 bits per heavy atom. The number of halogens is 3. The van der Waals surface area contributed by atoms with E-state index in [1.807, 2.05) is 24.3 Å². The van der Waals surface area contributed by atoms with Crippen LogP contribution in [0.5, 0.6) is 0 Å². The number of aromatic nitrogens is 4. The minimum atomic E-state index is -4.48. The fourth-order valence-corrected chi connectivity index (χ4v) is 5.57. The quantitative estimate of drug-likeness (QED) is 0.221. The van der Waals surface area contributed by atoms with Crippen LogP contribution in [0.3, 0.4) is 0 Å². The molecular formula is C33H30F3N9. The SMILES string of the molecule is CC(C)(C)CNc1c(C#N)cnc2c(N[C@@H](c3cccc(C4(C#N)CC4)c3)c3cn(C4(C(F)(F)F)CC4)nn3)cc(C#N)cc12. The smallest absolute Gasteiger partial charge is 0.383 e. The highest BCUT2D eigenvalue weighted by Gasteiger charge is 2.66. The van der Waals surface area contributed by atoms with Gasteiger partial charge in [0.05, 0.1) is 57.8 Å². The first-order valence-electron chi connectivity index (χ1n) is 14.6. The summed E-state index contributed by atoms with van der Waals surface area (Å²) in [5, 5.41) is 45.1. The minimum Gasteiger partial charge on any atom is -0.383 e. The van der Waals surface area contributed by atoms with Gasteiger partial charge in [-0.15, -0.1) is 5.10 Å². The largest absolute Gasteiger partial charge is 0.413 e. The Morgan fingerprint density at radius 1 is 1.02 bits per heavy atom. The van der Waals surface area contributed by atoms with E-state index in [1.165, 1.54) is 12.4 Å². The number of hydrogen-bond acceptors (Lipinski definition) is 8. The van der Waals surface area contributed by atoms with Gasteiger partial charge in [-0.1, -0.05) is 50.3 Å². The highest BCUT2D eigenvalue weighted by atomic mass is 19.4. The molecule has 0 saturated heterocycles. The van der Waals surface area contributed by atoms with E-state index in [-0.39, 0.29) is 24.0 Å². The van der Waals surface area contributed by atoms with Gasteiger partial charge < -0.3 is 10.6 Å². The standard InChI is InChI=1S/C33H30F3N9/c1-30(2,3)19-41-27-22(15-38)16-40-29-24(27)11-20(14-37)12-25(29)42-28(21-5-4-6-23(13-21)31(18-39)7-8-31)26-17-45(44-43-26)32(9-10-32)33(34,35)36/h4-6,11-13,16-17,28,42H,7-10,19H2,1-3H3,(H,40,41)/t28-/m0/s1. The second-order valence-corrected chi connectivity index (χ2v) is 13.1. The van der Waals surface area contributed by atoms with Gasteiger partial charge in [0.25, 0.3) is 0 Å². The number of alkyl halides is 3. The summed E-state index contributed by atoms with van der Waals surface area (Å²) in [7, 11) is 0. The van der Waals surface area contributed by atoms with Crippen molar-refractivity contribution < 1.29 is 13.2 Å². The van der Waals surface area contributed by atoms with Crippen molar-refractivity contribution in [3.8, 4) is 18.2 Å². The van der Waals surface area contributed by atoms with Gasteiger partial charge in [0.15, 0.2) is 5.54 Å². The van der Waals surface area contributed by atoms with Crippen LogP contribution < -0.4 is 10.6 Å². The molecule has 1 atom stereocenters. The van der Waals surface area contributed by atoms with Gasteiger partial charge in [-0.25, -0.2) is 4.68 Å². The van der Waals surface area contributed by atoms with E-state index in [0.717, 1.165) is 23.1 Å². The van der Waals surface area contributed by atoms with E-state index < -0.39 is 23.2 Å². The molecule has 2 aromatic heterocycles. The summed E-state index contributed by atoms with van der Waals surface area (Å²) < 4.78 is 42.8. The zero-order chi connectivity index (χ0) is 32.2. The number of rotatable bonds is 8. The van der Waals surface area contributed by atoms with Crippen molar-refractivity contribution in [3.05, 3.63) is 76.7 Å². The van der Waals surface area contributed by atoms with Crippen molar-refractivity contribution in [1.82, 2.24) is 20.0 Å². The highest BCUT2D eigenvalue weighted by Crippen LogP contribution is 2.55. The summed E-state index contributed by atoms with van der Waals surface area (Å²) in [5.41, 5.74) is 0.953. The Morgan fingerprint density at radius 3 is 2.38 bits per heavy atom. The van der Waals surface area contributed by atoms with Crippen LogP contribution in [0, 0.1) is 39.4 Å².